The number of rotatable bonds is 6. The third-order valence-electron chi connectivity index (χ3n) is 4.85. The lowest BCUT2D eigenvalue weighted by Crippen LogP contribution is -2.33. The van der Waals surface area contributed by atoms with Crippen LogP contribution in [-0.2, 0) is 16.0 Å². The second-order valence-corrected chi connectivity index (χ2v) is 6.90. The van der Waals surface area contributed by atoms with Crippen LogP contribution in [0.15, 0.2) is 59.8 Å². The molecule has 1 aromatic heterocycles. The van der Waals surface area contributed by atoms with E-state index in [4.69, 9.17) is 16.3 Å². The Kier molecular flexibility index (Phi) is 4.92. The number of hydrogen-bond donors (Lipinski definition) is 1. The molecule has 0 spiro atoms. The molecule has 0 atom stereocenters. The molecule has 2 heterocycles. The maximum absolute atomic E-state index is 12.9. The third-order valence-corrected chi connectivity index (χ3v) is 5.20. The molecule has 142 valence electrons. The third kappa shape index (κ3) is 3.18. The Morgan fingerprint density at radius 3 is 2.54 bits per heavy atom. The lowest BCUT2D eigenvalue weighted by molar-refractivity contribution is -0.136. The van der Waals surface area contributed by atoms with Crippen molar-refractivity contribution in [1.82, 2.24) is 9.88 Å². The first-order chi connectivity index (χ1) is 13.6. The molecule has 0 aliphatic carbocycles. The molecule has 0 bridgehead atoms. The van der Waals surface area contributed by atoms with E-state index in [9.17, 15) is 9.59 Å². The number of H-pyrrole nitrogens is 1. The lowest BCUT2D eigenvalue weighted by Gasteiger charge is -2.14. The van der Waals surface area contributed by atoms with Gasteiger partial charge in [-0.05, 0) is 42.7 Å². The van der Waals surface area contributed by atoms with Crippen molar-refractivity contribution in [2.75, 3.05) is 13.2 Å². The monoisotopic (exact) mass is 394 g/mol. The molecule has 0 unspecified atom stereocenters. The molecule has 1 aliphatic heterocycles. The number of para-hydroxylation sites is 1. The van der Waals surface area contributed by atoms with Crippen LogP contribution in [0.4, 0.5) is 0 Å². The zero-order chi connectivity index (χ0) is 19.7. The zero-order valence-corrected chi connectivity index (χ0v) is 16.1. The molecular formula is C22H19ClN2O3. The Morgan fingerprint density at radius 1 is 1.04 bits per heavy atom. The van der Waals surface area contributed by atoms with Crippen LogP contribution in [0, 0.1) is 0 Å². The first kappa shape index (κ1) is 18.3. The van der Waals surface area contributed by atoms with Crippen molar-refractivity contribution < 1.29 is 14.3 Å². The number of imide groups is 1. The van der Waals surface area contributed by atoms with Gasteiger partial charge in [-0.3, -0.25) is 14.5 Å². The number of aromatic nitrogens is 1. The summed E-state index contributed by atoms with van der Waals surface area (Å²) in [6, 6.07) is 15.0. The van der Waals surface area contributed by atoms with E-state index in [0.29, 0.717) is 24.3 Å². The van der Waals surface area contributed by atoms with Crippen LogP contribution in [0.2, 0.25) is 0 Å². The number of carbonyl (C=O) groups excluding carboxylic acids is 2. The van der Waals surface area contributed by atoms with E-state index in [0.717, 1.165) is 16.5 Å². The number of ether oxygens (including phenoxy) is 1. The molecule has 28 heavy (non-hydrogen) atoms. The van der Waals surface area contributed by atoms with Crippen LogP contribution in [0.5, 0.6) is 5.75 Å². The van der Waals surface area contributed by atoms with Gasteiger partial charge in [-0.2, -0.15) is 0 Å². The highest BCUT2D eigenvalue weighted by atomic mass is 35.5. The van der Waals surface area contributed by atoms with Crippen molar-refractivity contribution >= 4 is 39.9 Å². The fourth-order valence-corrected chi connectivity index (χ4v) is 3.75. The summed E-state index contributed by atoms with van der Waals surface area (Å²) in [6.45, 7) is 2.73. The molecule has 2 amide bonds. The van der Waals surface area contributed by atoms with E-state index in [2.05, 4.69) is 4.98 Å². The maximum atomic E-state index is 12.9. The predicted molar refractivity (Wildman–Crippen MR) is 109 cm³/mol. The quantitative estimate of drug-likeness (QED) is 0.639. The van der Waals surface area contributed by atoms with E-state index in [1.54, 1.807) is 24.3 Å². The van der Waals surface area contributed by atoms with E-state index >= 15 is 0 Å². The number of nitrogens with zero attached hydrogens (tertiary/aromatic N) is 1. The summed E-state index contributed by atoms with van der Waals surface area (Å²) >= 11 is 6.24. The largest absolute Gasteiger partial charge is 0.494 e. The highest BCUT2D eigenvalue weighted by Gasteiger charge is 2.37. The highest BCUT2D eigenvalue weighted by molar-refractivity contribution is 6.55. The Balaban J connectivity index is 1.53. The topological polar surface area (TPSA) is 62.4 Å². The van der Waals surface area contributed by atoms with Crippen molar-refractivity contribution in [2.24, 2.45) is 0 Å². The molecule has 4 rings (SSSR count). The molecule has 3 aromatic rings. The number of nitrogens with one attached hydrogen (secondary N) is 1. The van der Waals surface area contributed by atoms with Crippen molar-refractivity contribution in [3.63, 3.8) is 0 Å². The number of hydrogen-bond acceptors (Lipinski definition) is 3. The minimum atomic E-state index is -0.449. The standard InChI is InChI=1S/C22H19ClN2O3/c1-2-28-16-9-7-14(8-10-16)19-20(23)22(27)25(21(19)26)12-11-15-13-24-18-6-4-3-5-17(15)18/h3-10,13,24H,2,11-12H2,1H3. The molecule has 0 saturated heterocycles. The SMILES string of the molecule is CCOc1ccc(C2=C(Cl)C(=O)N(CCc3c[nH]c4ccccc34)C2=O)cc1. The van der Waals surface area contributed by atoms with Gasteiger partial charge in [0.2, 0.25) is 0 Å². The van der Waals surface area contributed by atoms with Crippen LogP contribution < -0.4 is 4.74 Å². The number of fused-ring (bicyclic) bond motifs is 1. The Morgan fingerprint density at radius 2 is 1.79 bits per heavy atom. The normalized spacial score (nSPS) is 14.4. The predicted octanol–water partition coefficient (Wildman–Crippen LogP) is 4.13. The van der Waals surface area contributed by atoms with Gasteiger partial charge in [0.15, 0.2) is 0 Å². The second kappa shape index (κ2) is 7.52. The number of benzene rings is 2. The van der Waals surface area contributed by atoms with E-state index in [-0.39, 0.29) is 23.1 Å². The molecule has 0 fully saturated rings. The van der Waals surface area contributed by atoms with Gasteiger partial charge in [0.05, 0.1) is 12.2 Å². The first-order valence-corrected chi connectivity index (χ1v) is 9.52. The first-order valence-electron chi connectivity index (χ1n) is 9.14. The Bertz CT molecular complexity index is 1080. The van der Waals surface area contributed by atoms with Crippen LogP contribution in [0.3, 0.4) is 0 Å². The van der Waals surface area contributed by atoms with E-state index in [1.807, 2.05) is 37.4 Å². The fourth-order valence-electron chi connectivity index (χ4n) is 3.45. The van der Waals surface area contributed by atoms with Crippen molar-refractivity contribution in [3.8, 4) is 5.75 Å². The number of amides is 2. The average molecular weight is 395 g/mol. The van der Waals surface area contributed by atoms with Crippen LogP contribution >= 0.6 is 11.6 Å². The number of carbonyl (C=O) groups is 2. The van der Waals surface area contributed by atoms with E-state index < -0.39 is 5.91 Å². The van der Waals surface area contributed by atoms with Crippen LogP contribution in [-0.4, -0.2) is 34.8 Å². The van der Waals surface area contributed by atoms with Gasteiger partial charge in [0, 0.05) is 23.6 Å². The summed E-state index contributed by atoms with van der Waals surface area (Å²) in [4.78, 5) is 29.9. The summed E-state index contributed by atoms with van der Waals surface area (Å²) < 4.78 is 5.42. The Hall–Kier alpha value is -3.05. The summed E-state index contributed by atoms with van der Waals surface area (Å²) in [5.41, 5.74) is 2.94. The summed E-state index contributed by atoms with van der Waals surface area (Å²) in [6.07, 6.45) is 2.47. The summed E-state index contributed by atoms with van der Waals surface area (Å²) in [5.74, 6) is -0.106. The van der Waals surface area contributed by atoms with Gasteiger partial charge >= 0.3 is 0 Å². The van der Waals surface area contributed by atoms with E-state index in [1.165, 1.54) is 4.90 Å². The highest BCUT2D eigenvalue weighted by Crippen LogP contribution is 2.33. The van der Waals surface area contributed by atoms with Gasteiger partial charge in [-0.25, -0.2) is 0 Å². The zero-order valence-electron chi connectivity index (χ0n) is 15.4. The molecule has 6 heteroatoms. The van der Waals surface area contributed by atoms with Gasteiger partial charge in [0.25, 0.3) is 11.8 Å². The Labute approximate surface area is 167 Å². The smallest absolute Gasteiger partial charge is 0.273 e. The van der Waals surface area contributed by atoms with Crippen LogP contribution in [0.25, 0.3) is 16.5 Å². The fraction of sp³-hybridized carbons (Fsp3) is 0.182. The lowest BCUT2D eigenvalue weighted by atomic mass is 10.1. The molecule has 1 aliphatic rings. The van der Waals surface area contributed by atoms with Gasteiger partial charge in [-0.15, -0.1) is 0 Å². The molecule has 0 saturated carbocycles. The number of aromatic amines is 1. The van der Waals surface area contributed by atoms with Crippen molar-refractivity contribution in [2.45, 2.75) is 13.3 Å². The molecule has 5 nitrogen and oxygen atoms in total. The number of halogens is 1. The van der Waals surface area contributed by atoms with Gasteiger partial charge < -0.3 is 9.72 Å². The average Bonchev–Trinajstić information content (AvgIpc) is 3.21. The molecule has 0 radical (unpaired) electrons. The maximum Gasteiger partial charge on any atom is 0.273 e. The molecule has 1 N–H and O–H groups in total. The van der Waals surface area contributed by atoms with Crippen molar-refractivity contribution in [1.29, 1.82) is 0 Å². The molecular weight excluding hydrogens is 376 g/mol. The van der Waals surface area contributed by atoms with Gasteiger partial charge in [-0.1, -0.05) is 41.9 Å². The minimum absolute atomic E-state index is 0.0342. The van der Waals surface area contributed by atoms with Crippen LogP contribution in [0.1, 0.15) is 18.1 Å². The summed E-state index contributed by atoms with van der Waals surface area (Å²) in [5, 5.41) is 1.06. The van der Waals surface area contributed by atoms with Gasteiger partial charge in [0.1, 0.15) is 10.8 Å². The van der Waals surface area contributed by atoms with Crippen molar-refractivity contribution in [3.05, 3.63) is 70.9 Å². The minimum Gasteiger partial charge on any atom is -0.494 e. The summed E-state index contributed by atoms with van der Waals surface area (Å²) in [7, 11) is 0. The second-order valence-electron chi connectivity index (χ2n) is 6.52. The molecule has 2 aromatic carbocycles.